The van der Waals surface area contributed by atoms with Gasteiger partial charge in [-0.25, -0.2) is 0 Å². The predicted molar refractivity (Wildman–Crippen MR) is 111 cm³/mol. The van der Waals surface area contributed by atoms with Crippen LogP contribution in [-0.4, -0.2) is 29.3 Å². The molecule has 0 aliphatic heterocycles. The van der Waals surface area contributed by atoms with Gasteiger partial charge in [0.25, 0.3) is 0 Å². The summed E-state index contributed by atoms with van der Waals surface area (Å²) in [7, 11) is -7.63. The second-order valence-electron chi connectivity index (χ2n) is 8.51. The van der Waals surface area contributed by atoms with Crippen LogP contribution in [0.25, 0.3) is 0 Å². The minimum atomic E-state index is -3.81. The first-order chi connectivity index (χ1) is 12.4. The van der Waals surface area contributed by atoms with Gasteiger partial charge in [0.15, 0.2) is 4.90 Å². The molecule has 162 valence electrons. The Labute approximate surface area is 166 Å². The topological polar surface area (TPSA) is 71.1 Å². The molecule has 27 heavy (non-hydrogen) atoms. The predicted octanol–water partition coefficient (Wildman–Crippen LogP) is 7.12. The Balaban J connectivity index is 3.65. The van der Waals surface area contributed by atoms with E-state index in [1.54, 1.807) is 0 Å². The van der Waals surface area contributed by atoms with E-state index in [0.29, 0.717) is 12.8 Å². The Morgan fingerprint density at radius 1 is 0.556 bits per heavy atom. The van der Waals surface area contributed by atoms with E-state index < -0.39 is 20.1 Å². The molecule has 0 amide bonds. The SMILES string of the molecule is CC(C)OP(=O)(OC(C)C)C1(P(=O)(OC(C)C)OC(C)C)CCCCCC1. The number of hydrogen-bond acceptors (Lipinski definition) is 6. The molecule has 1 rings (SSSR count). The van der Waals surface area contributed by atoms with Crippen LogP contribution in [0.2, 0.25) is 0 Å². The Hall–Kier alpha value is 0.300. The third kappa shape index (κ3) is 6.39. The van der Waals surface area contributed by atoms with Gasteiger partial charge in [-0.1, -0.05) is 25.7 Å². The van der Waals surface area contributed by atoms with Crippen LogP contribution in [0.3, 0.4) is 0 Å². The zero-order chi connectivity index (χ0) is 20.9. The van der Waals surface area contributed by atoms with Gasteiger partial charge < -0.3 is 18.1 Å². The fourth-order valence-electron chi connectivity index (χ4n) is 3.54. The number of hydrogen-bond donors (Lipinski definition) is 0. The van der Waals surface area contributed by atoms with Crippen LogP contribution in [0.1, 0.15) is 93.9 Å². The molecule has 0 heterocycles. The summed E-state index contributed by atoms with van der Waals surface area (Å²) in [4.78, 5) is -1.28. The molecule has 0 atom stereocenters. The summed E-state index contributed by atoms with van der Waals surface area (Å²) in [5, 5.41) is 0. The van der Waals surface area contributed by atoms with Gasteiger partial charge in [-0.3, -0.25) is 9.13 Å². The maximum Gasteiger partial charge on any atom is 0.349 e. The average Bonchev–Trinajstić information content (AvgIpc) is 2.70. The molecule has 0 aromatic rings. The van der Waals surface area contributed by atoms with E-state index in [0.717, 1.165) is 25.7 Å². The highest BCUT2D eigenvalue weighted by atomic mass is 31.2. The fraction of sp³-hybridized carbons (Fsp3) is 1.00. The molecule has 0 aromatic carbocycles. The molecular formula is C19H40O6P2. The van der Waals surface area contributed by atoms with Crippen molar-refractivity contribution in [2.45, 2.75) is 123 Å². The molecule has 1 fully saturated rings. The lowest BCUT2D eigenvalue weighted by Gasteiger charge is -2.44. The normalized spacial score (nSPS) is 19.3. The first kappa shape index (κ1) is 25.3. The molecule has 0 saturated heterocycles. The Bertz CT molecular complexity index is 468. The second-order valence-corrected chi connectivity index (χ2v) is 13.4. The monoisotopic (exact) mass is 426 g/mol. The Morgan fingerprint density at radius 3 is 1.04 bits per heavy atom. The molecule has 6 nitrogen and oxygen atoms in total. The van der Waals surface area contributed by atoms with Crippen molar-refractivity contribution in [3.05, 3.63) is 0 Å². The highest BCUT2D eigenvalue weighted by molar-refractivity contribution is 7.74. The van der Waals surface area contributed by atoms with Gasteiger partial charge in [-0.15, -0.1) is 0 Å². The van der Waals surface area contributed by atoms with Crippen LogP contribution in [0.4, 0.5) is 0 Å². The van der Waals surface area contributed by atoms with Crippen LogP contribution < -0.4 is 0 Å². The van der Waals surface area contributed by atoms with Crippen molar-refractivity contribution in [2.75, 3.05) is 0 Å². The van der Waals surface area contributed by atoms with Crippen molar-refractivity contribution >= 4 is 15.2 Å². The van der Waals surface area contributed by atoms with E-state index in [4.69, 9.17) is 18.1 Å². The van der Waals surface area contributed by atoms with Gasteiger partial charge in [0.2, 0.25) is 0 Å². The highest BCUT2D eigenvalue weighted by Crippen LogP contribution is 2.82. The first-order valence-corrected chi connectivity index (χ1v) is 13.4. The molecule has 1 saturated carbocycles. The van der Waals surface area contributed by atoms with Crippen LogP contribution >= 0.6 is 15.2 Å². The molecule has 0 unspecified atom stereocenters. The summed E-state index contributed by atoms with van der Waals surface area (Å²) < 4.78 is 52.4. The smallest absolute Gasteiger partial charge is 0.305 e. The lowest BCUT2D eigenvalue weighted by atomic mass is 10.2. The van der Waals surface area contributed by atoms with E-state index in [1.165, 1.54) is 0 Å². The lowest BCUT2D eigenvalue weighted by Crippen LogP contribution is -2.35. The van der Waals surface area contributed by atoms with E-state index in [2.05, 4.69) is 0 Å². The fourth-order valence-corrected chi connectivity index (χ4v) is 10.1. The molecule has 0 spiro atoms. The van der Waals surface area contributed by atoms with Crippen molar-refractivity contribution in [3.8, 4) is 0 Å². The standard InChI is InChI=1S/C19H40O6P2/c1-15(2)22-26(20,23-16(3)4)19(13-11-9-10-12-14-19)27(21,24-17(5)6)25-18(7)8/h15-18H,9-14H2,1-8H3. The molecular weight excluding hydrogens is 386 g/mol. The van der Waals surface area contributed by atoms with Gasteiger partial charge in [-0.2, -0.15) is 0 Å². The summed E-state index contributed by atoms with van der Waals surface area (Å²) in [5.41, 5.74) is 0. The average molecular weight is 426 g/mol. The summed E-state index contributed by atoms with van der Waals surface area (Å²) >= 11 is 0. The van der Waals surface area contributed by atoms with Gasteiger partial charge in [0.05, 0.1) is 24.4 Å². The van der Waals surface area contributed by atoms with Crippen molar-refractivity contribution in [3.63, 3.8) is 0 Å². The first-order valence-electron chi connectivity index (χ1n) is 10.3. The van der Waals surface area contributed by atoms with Crippen LogP contribution in [0, 0.1) is 0 Å². The van der Waals surface area contributed by atoms with Gasteiger partial charge in [-0.05, 0) is 68.2 Å². The summed E-state index contributed by atoms with van der Waals surface area (Å²) in [6.45, 7) is 14.5. The molecule has 0 aromatic heterocycles. The molecule has 0 radical (unpaired) electrons. The van der Waals surface area contributed by atoms with Gasteiger partial charge in [0.1, 0.15) is 0 Å². The molecule has 1 aliphatic rings. The van der Waals surface area contributed by atoms with Gasteiger partial charge in [0, 0.05) is 0 Å². The quantitative estimate of drug-likeness (QED) is 0.273. The van der Waals surface area contributed by atoms with Crippen molar-refractivity contribution < 1.29 is 27.2 Å². The van der Waals surface area contributed by atoms with E-state index in [-0.39, 0.29) is 24.4 Å². The zero-order valence-electron chi connectivity index (χ0n) is 18.4. The maximum absolute atomic E-state index is 14.3. The van der Waals surface area contributed by atoms with Gasteiger partial charge >= 0.3 is 15.2 Å². The molecule has 0 bridgehead atoms. The van der Waals surface area contributed by atoms with Crippen LogP contribution in [0.15, 0.2) is 0 Å². The van der Waals surface area contributed by atoms with Crippen LogP contribution in [-0.2, 0) is 27.2 Å². The lowest BCUT2D eigenvalue weighted by molar-refractivity contribution is 0.106. The zero-order valence-corrected chi connectivity index (χ0v) is 20.2. The molecule has 0 N–H and O–H groups in total. The molecule has 1 aliphatic carbocycles. The van der Waals surface area contributed by atoms with E-state index in [1.807, 2.05) is 55.4 Å². The largest absolute Gasteiger partial charge is 0.349 e. The highest BCUT2D eigenvalue weighted by Gasteiger charge is 2.65. The number of rotatable bonds is 10. The van der Waals surface area contributed by atoms with E-state index >= 15 is 0 Å². The minimum absolute atomic E-state index is 0.332. The maximum atomic E-state index is 14.3. The second kappa shape index (κ2) is 10.4. The van der Waals surface area contributed by atoms with E-state index in [9.17, 15) is 9.13 Å². The summed E-state index contributed by atoms with van der Waals surface area (Å²) in [6, 6.07) is 0. The summed E-state index contributed by atoms with van der Waals surface area (Å²) in [6.07, 6.45) is 3.13. The molecule has 8 heteroatoms. The Morgan fingerprint density at radius 2 is 0.815 bits per heavy atom. The van der Waals surface area contributed by atoms with Crippen LogP contribution in [0.5, 0.6) is 0 Å². The third-order valence-electron chi connectivity index (χ3n) is 4.32. The Kier molecular flexibility index (Phi) is 9.73. The third-order valence-corrected chi connectivity index (χ3v) is 11.5. The van der Waals surface area contributed by atoms with Crippen molar-refractivity contribution in [1.82, 2.24) is 0 Å². The minimum Gasteiger partial charge on any atom is -0.305 e. The summed E-state index contributed by atoms with van der Waals surface area (Å²) in [5.74, 6) is 0. The van der Waals surface area contributed by atoms with Crippen molar-refractivity contribution in [2.24, 2.45) is 0 Å². The van der Waals surface area contributed by atoms with Crippen molar-refractivity contribution in [1.29, 1.82) is 0 Å².